The molecule has 0 radical (unpaired) electrons. The van der Waals surface area contributed by atoms with Crippen LogP contribution in [0.15, 0.2) is 72.8 Å². The fraction of sp³-hybridized carbons (Fsp3) is 0.263. The van der Waals surface area contributed by atoms with Crippen molar-refractivity contribution in [2.45, 2.75) is 27.7 Å². The maximum absolute atomic E-state index is 11.0. The van der Waals surface area contributed by atoms with Gasteiger partial charge in [0.1, 0.15) is 48.8 Å². The predicted octanol–water partition coefficient (Wildman–Crippen LogP) is 1.36. The van der Waals surface area contributed by atoms with Gasteiger partial charge in [0, 0.05) is 0 Å². The third kappa shape index (κ3) is 14.0. The molecule has 4 aromatic rings. The van der Waals surface area contributed by atoms with Crippen LogP contribution in [-0.2, 0) is 0 Å². The molecular formula is C38H46N2O12. The van der Waals surface area contributed by atoms with Crippen LogP contribution in [0.1, 0.15) is 63.7 Å². The zero-order chi connectivity index (χ0) is 39.7. The van der Waals surface area contributed by atoms with E-state index in [0.29, 0.717) is 22.3 Å². The number of para-hydroxylation sites is 4. The van der Waals surface area contributed by atoms with Gasteiger partial charge in [0.15, 0.2) is 0 Å². The molecule has 5 rings (SSSR count). The average molecular weight is 723 g/mol. The molecule has 1 aliphatic heterocycles. The first-order chi connectivity index (χ1) is 24.3. The Morgan fingerprint density at radius 1 is 0.462 bits per heavy atom. The largest absolute Gasteiger partial charge is 0.872 e. The Hall–Kier alpha value is -6.12. The number of aromatic hydroxyl groups is 2. The number of carboxylic acid groups (broad SMARTS) is 4. The van der Waals surface area contributed by atoms with Gasteiger partial charge >= 0.3 is 23.9 Å². The van der Waals surface area contributed by atoms with Gasteiger partial charge < -0.3 is 50.7 Å². The lowest BCUT2D eigenvalue weighted by Gasteiger charge is -2.23. The lowest BCUT2D eigenvalue weighted by molar-refractivity contribution is -0.994. The van der Waals surface area contributed by atoms with Crippen molar-refractivity contribution in [3.8, 4) is 23.0 Å². The van der Waals surface area contributed by atoms with Crippen molar-refractivity contribution in [3.05, 3.63) is 117 Å². The molecule has 52 heavy (non-hydrogen) atoms. The molecule has 14 heteroatoms. The quantitative estimate of drug-likeness (QED) is 0.149. The van der Waals surface area contributed by atoms with E-state index in [-0.39, 0.29) is 33.8 Å². The molecule has 0 unspecified atom stereocenters. The van der Waals surface area contributed by atoms with Crippen LogP contribution in [-0.4, -0.2) is 94.8 Å². The lowest BCUT2D eigenvalue weighted by atomic mass is 10.1. The molecular weight excluding hydrogens is 676 g/mol. The third-order valence-electron chi connectivity index (χ3n) is 7.78. The maximum atomic E-state index is 11.0. The molecule has 1 aliphatic rings. The summed E-state index contributed by atoms with van der Waals surface area (Å²) < 4.78 is 0. The van der Waals surface area contributed by atoms with Gasteiger partial charge in [-0.05, 0) is 63.1 Å². The molecule has 280 valence electrons. The first-order valence-electron chi connectivity index (χ1n) is 16.0. The normalized spacial score (nSPS) is 14.2. The second kappa shape index (κ2) is 21.2. The number of nitrogens with one attached hydrogen (secondary N) is 2. The van der Waals surface area contributed by atoms with Gasteiger partial charge in [0.05, 0.1) is 25.2 Å². The van der Waals surface area contributed by atoms with Crippen LogP contribution in [0.25, 0.3) is 0 Å². The molecule has 0 aliphatic carbocycles. The highest BCUT2D eigenvalue weighted by Crippen LogP contribution is 2.22. The van der Waals surface area contributed by atoms with Crippen LogP contribution in [0.5, 0.6) is 23.0 Å². The summed E-state index contributed by atoms with van der Waals surface area (Å²) in [5.41, 5.74) is 1.65. The first kappa shape index (κ1) is 43.9. The predicted molar refractivity (Wildman–Crippen MR) is 188 cm³/mol. The van der Waals surface area contributed by atoms with Gasteiger partial charge in [-0.15, -0.1) is 0 Å². The zero-order valence-electron chi connectivity index (χ0n) is 29.9. The lowest BCUT2D eigenvalue weighted by Crippen LogP contribution is -3.25. The molecule has 1 saturated heterocycles. The summed E-state index contributed by atoms with van der Waals surface area (Å²) in [6, 6.07) is 18.1. The van der Waals surface area contributed by atoms with Crippen LogP contribution >= 0.6 is 0 Å². The number of carboxylic acids is 4. The van der Waals surface area contributed by atoms with E-state index in [1.807, 2.05) is 0 Å². The Balaban J connectivity index is 0.000000326. The molecule has 1 fully saturated rings. The molecule has 4 aromatic carbocycles. The van der Waals surface area contributed by atoms with Crippen LogP contribution in [0.4, 0.5) is 0 Å². The standard InChI is InChI=1S/4C8H8O3.C6H14N2/c4*1-5-3-2-4-6(7(5)9)8(10)11;1-7-3-5-8(2)6-4-7/h4*2-4,9H,1H3,(H,10,11);3-6H2,1-2H3. The molecule has 0 saturated carbocycles. The number of benzene rings is 4. The SMILES string of the molecule is C[NH+]1CC[NH+](C)CC1.Cc1cccc(C(=O)O)c1O.Cc1cccc(C(=O)O)c1O.Cc1cccc(C(=O)O)c1[O-].Cc1cccc(C(=O)O)c1[O-]. The second-order valence-electron chi connectivity index (χ2n) is 12.0. The van der Waals surface area contributed by atoms with Gasteiger partial charge in [-0.2, -0.15) is 0 Å². The van der Waals surface area contributed by atoms with Gasteiger partial charge in [0.25, 0.3) is 0 Å². The van der Waals surface area contributed by atoms with Crippen molar-refractivity contribution in [1.29, 1.82) is 0 Å². The average Bonchev–Trinajstić information content (AvgIpc) is 3.08. The second-order valence-corrected chi connectivity index (χ2v) is 12.0. The summed E-state index contributed by atoms with van der Waals surface area (Å²) >= 11 is 0. The number of carbonyl (C=O) groups is 4. The Bertz CT molecular complexity index is 1580. The number of aromatic carboxylic acids is 4. The topological polar surface area (TPSA) is 245 Å². The highest BCUT2D eigenvalue weighted by molar-refractivity contribution is 5.92. The highest BCUT2D eigenvalue weighted by Gasteiger charge is 2.15. The van der Waals surface area contributed by atoms with E-state index in [1.165, 1.54) is 50.4 Å². The van der Waals surface area contributed by atoms with Crippen molar-refractivity contribution < 1.29 is 69.8 Å². The maximum Gasteiger partial charge on any atom is 0.339 e. The highest BCUT2D eigenvalue weighted by atomic mass is 16.4. The van der Waals surface area contributed by atoms with E-state index >= 15 is 0 Å². The Morgan fingerprint density at radius 3 is 0.904 bits per heavy atom. The Kier molecular flexibility index (Phi) is 17.9. The number of likely N-dealkylation sites (N-methyl/N-ethyl adjacent to an activating group) is 2. The Morgan fingerprint density at radius 2 is 0.692 bits per heavy atom. The van der Waals surface area contributed by atoms with E-state index in [0.717, 1.165) is 0 Å². The number of quaternary nitrogens is 2. The fourth-order valence-corrected chi connectivity index (χ4v) is 4.41. The van der Waals surface area contributed by atoms with E-state index < -0.39 is 35.4 Å². The summed E-state index contributed by atoms with van der Waals surface area (Å²) in [7, 11) is 4.54. The third-order valence-corrected chi connectivity index (χ3v) is 7.78. The minimum Gasteiger partial charge on any atom is -0.872 e. The molecule has 0 spiro atoms. The van der Waals surface area contributed by atoms with Gasteiger partial charge in [0.2, 0.25) is 0 Å². The number of rotatable bonds is 4. The Labute approximate surface area is 301 Å². The van der Waals surface area contributed by atoms with Crippen LogP contribution in [0.3, 0.4) is 0 Å². The minimum absolute atomic E-state index is 0.0509. The van der Waals surface area contributed by atoms with Crippen LogP contribution < -0.4 is 20.0 Å². The molecule has 14 nitrogen and oxygen atoms in total. The first-order valence-corrected chi connectivity index (χ1v) is 16.0. The van der Waals surface area contributed by atoms with Gasteiger partial charge in [-0.1, -0.05) is 71.2 Å². The van der Waals surface area contributed by atoms with Crippen molar-refractivity contribution >= 4 is 23.9 Å². The number of aryl methyl sites for hydroxylation is 4. The van der Waals surface area contributed by atoms with Crippen molar-refractivity contribution in [2.75, 3.05) is 40.3 Å². The fourth-order valence-electron chi connectivity index (χ4n) is 4.41. The van der Waals surface area contributed by atoms with Crippen molar-refractivity contribution in [2.24, 2.45) is 0 Å². The summed E-state index contributed by atoms with van der Waals surface area (Å²) in [5.74, 6) is -5.66. The molecule has 0 aromatic heterocycles. The van der Waals surface area contributed by atoms with Gasteiger partial charge in [-0.25, -0.2) is 19.2 Å². The van der Waals surface area contributed by atoms with E-state index in [1.54, 1.807) is 86.0 Å². The van der Waals surface area contributed by atoms with E-state index in [4.69, 9.17) is 20.4 Å². The summed E-state index contributed by atoms with van der Waals surface area (Å²) in [6.45, 7) is 11.9. The van der Waals surface area contributed by atoms with E-state index in [2.05, 4.69) is 14.1 Å². The number of hydrogen-bond donors (Lipinski definition) is 8. The molecule has 8 N–H and O–H groups in total. The van der Waals surface area contributed by atoms with E-state index in [9.17, 15) is 39.6 Å². The van der Waals surface area contributed by atoms with Crippen LogP contribution in [0, 0.1) is 27.7 Å². The smallest absolute Gasteiger partial charge is 0.339 e. The molecule has 0 atom stereocenters. The summed E-state index contributed by atoms with van der Waals surface area (Å²) in [5, 5.41) is 74.5. The molecule has 0 bridgehead atoms. The van der Waals surface area contributed by atoms with Crippen molar-refractivity contribution in [3.63, 3.8) is 0 Å². The number of piperazine rings is 1. The van der Waals surface area contributed by atoms with Crippen molar-refractivity contribution in [1.82, 2.24) is 0 Å². The molecule has 1 heterocycles. The summed E-state index contributed by atoms with van der Waals surface area (Å²) in [4.78, 5) is 45.0. The number of hydrogen-bond acceptors (Lipinski definition) is 8. The summed E-state index contributed by atoms with van der Waals surface area (Å²) in [6.07, 6.45) is 0. The minimum atomic E-state index is -1.17. The molecule has 0 amide bonds. The monoisotopic (exact) mass is 722 g/mol. The zero-order valence-corrected chi connectivity index (χ0v) is 29.9. The number of phenols is 2. The van der Waals surface area contributed by atoms with Crippen LogP contribution in [0.2, 0.25) is 0 Å². The van der Waals surface area contributed by atoms with Gasteiger partial charge in [-0.3, -0.25) is 0 Å².